The van der Waals surface area contributed by atoms with E-state index in [0.29, 0.717) is 17.6 Å². The highest BCUT2D eigenvalue weighted by Gasteiger charge is 2.13. The van der Waals surface area contributed by atoms with Crippen molar-refractivity contribution in [1.82, 2.24) is 15.1 Å². The molecule has 0 spiro atoms. The summed E-state index contributed by atoms with van der Waals surface area (Å²) >= 11 is 0. The van der Waals surface area contributed by atoms with Gasteiger partial charge >= 0.3 is 0 Å². The Morgan fingerprint density at radius 1 is 1.32 bits per heavy atom. The van der Waals surface area contributed by atoms with Gasteiger partial charge in [-0.3, -0.25) is 4.68 Å². The molecule has 0 saturated carbocycles. The lowest BCUT2D eigenvalue weighted by Crippen LogP contribution is -2.33. The van der Waals surface area contributed by atoms with E-state index in [0.717, 1.165) is 6.54 Å². The quantitative estimate of drug-likeness (QED) is 0.892. The summed E-state index contributed by atoms with van der Waals surface area (Å²) in [6, 6.07) is 12.3. The first-order valence-electron chi connectivity index (χ1n) is 6.42. The van der Waals surface area contributed by atoms with Gasteiger partial charge in [0.1, 0.15) is 0 Å². The summed E-state index contributed by atoms with van der Waals surface area (Å²) in [5.74, 6) is 0. The maximum absolute atomic E-state index is 8.75. The van der Waals surface area contributed by atoms with Crippen LogP contribution in [0.5, 0.6) is 0 Å². The highest BCUT2D eigenvalue weighted by atomic mass is 15.3. The van der Waals surface area contributed by atoms with Crippen molar-refractivity contribution in [1.29, 1.82) is 5.26 Å². The minimum absolute atomic E-state index is 0.299. The van der Waals surface area contributed by atoms with Crippen molar-refractivity contribution in [2.45, 2.75) is 32.5 Å². The predicted octanol–water partition coefficient (Wildman–Crippen LogP) is 2.49. The average molecular weight is 254 g/mol. The van der Waals surface area contributed by atoms with Crippen LogP contribution in [0.2, 0.25) is 0 Å². The van der Waals surface area contributed by atoms with Gasteiger partial charge in [-0.05, 0) is 37.6 Å². The maximum atomic E-state index is 8.75. The van der Waals surface area contributed by atoms with E-state index in [-0.39, 0.29) is 0 Å². The molecule has 4 nitrogen and oxygen atoms in total. The highest BCUT2D eigenvalue weighted by Crippen LogP contribution is 2.10. The van der Waals surface area contributed by atoms with Crippen LogP contribution in [0.3, 0.4) is 0 Å². The van der Waals surface area contributed by atoms with E-state index in [2.05, 4.69) is 30.3 Å². The molecule has 0 aliphatic heterocycles. The third-order valence-corrected chi connectivity index (χ3v) is 3.38. The third-order valence-electron chi connectivity index (χ3n) is 3.38. The Bertz CT molecular complexity index is 537. The van der Waals surface area contributed by atoms with E-state index in [1.165, 1.54) is 5.56 Å². The fraction of sp³-hybridized carbons (Fsp3) is 0.333. The van der Waals surface area contributed by atoms with Crippen LogP contribution in [0.25, 0.3) is 0 Å². The SMILES string of the molecule is C[C@H](NCc1ccc(C#N)cc1)[C@@H](C)n1cccn1. The Balaban J connectivity index is 1.89. The summed E-state index contributed by atoms with van der Waals surface area (Å²) in [5.41, 5.74) is 1.88. The lowest BCUT2D eigenvalue weighted by atomic mass is 10.1. The molecule has 0 bridgehead atoms. The molecule has 0 unspecified atom stereocenters. The normalized spacial score (nSPS) is 13.7. The van der Waals surface area contributed by atoms with Crippen LogP contribution < -0.4 is 5.32 Å². The number of hydrogen-bond acceptors (Lipinski definition) is 3. The van der Waals surface area contributed by atoms with Gasteiger partial charge in [-0.25, -0.2) is 0 Å². The number of nitriles is 1. The molecule has 2 rings (SSSR count). The summed E-state index contributed by atoms with van der Waals surface area (Å²) < 4.78 is 1.95. The molecule has 19 heavy (non-hydrogen) atoms. The monoisotopic (exact) mass is 254 g/mol. The van der Waals surface area contributed by atoms with Crippen LogP contribution in [0.4, 0.5) is 0 Å². The Hall–Kier alpha value is -2.12. The van der Waals surface area contributed by atoms with E-state index in [9.17, 15) is 0 Å². The molecule has 1 heterocycles. The first-order chi connectivity index (χ1) is 9.20. The molecule has 1 aromatic heterocycles. The van der Waals surface area contributed by atoms with Gasteiger partial charge in [0.2, 0.25) is 0 Å². The van der Waals surface area contributed by atoms with Gasteiger partial charge < -0.3 is 5.32 Å². The molecule has 98 valence electrons. The van der Waals surface area contributed by atoms with Crippen LogP contribution in [0.1, 0.15) is 31.0 Å². The van der Waals surface area contributed by atoms with Crippen molar-refractivity contribution in [2.75, 3.05) is 0 Å². The first kappa shape index (κ1) is 13.3. The molecule has 2 atom stereocenters. The minimum Gasteiger partial charge on any atom is -0.308 e. The van der Waals surface area contributed by atoms with Crippen molar-refractivity contribution in [2.24, 2.45) is 0 Å². The number of benzene rings is 1. The van der Waals surface area contributed by atoms with Gasteiger partial charge in [0.25, 0.3) is 0 Å². The van der Waals surface area contributed by atoms with Crippen molar-refractivity contribution in [3.63, 3.8) is 0 Å². The molecule has 1 N–H and O–H groups in total. The zero-order valence-electron chi connectivity index (χ0n) is 11.2. The number of nitrogens with zero attached hydrogens (tertiary/aromatic N) is 3. The molecule has 0 fully saturated rings. The topological polar surface area (TPSA) is 53.6 Å². The largest absolute Gasteiger partial charge is 0.308 e. The molecular weight excluding hydrogens is 236 g/mol. The summed E-state index contributed by atoms with van der Waals surface area (Å²) in [5, 5.41) is 16.5. The smallest absolute Gasteiger partial charge is 0.0991 e. The Kier molecular flexibility index (Phi) is 4.32. The summed E-state index contributed by atoms with van der Waals surface area (Å²) in [6.07, 6.45) is 3.77. The second-order valence-electron chi connectivity index (χ2n) is 4.70. The fourth-order valence-corrected chi connectivity index (χ4v) is 1.90. The Morgan fingerprint density at radius 3 is 2.63 bits per heavy atom. The van der Waals surface area contributed by atoms with Gasteiger partial charge in [-0.1, -0.05) is 12.1 Å². The second kappa shape index (κ2) is 6.17. The van der Waals surface area contributed by atoms with Gasteiger partial charge in [0.15, 0.2) is 0 Å². The Morgan fingerprint density at radius 2 is 2.05 bits per heavy atom. The fourth-order valence-electron chi connectivity index (χ4n) is 1.90. The third kappa shape index (κ3) is 3.43. The Labute approximate surface area is 113 Å². The van der Waals surface area contributed by atoms with E-state index in [1.807, 2.05) is 41.2 Å². The van der Waals surface area contributed by atoms with Crippen molar-refractivity contribution in [3.8, 4) is 6.07 Å². The van der Waals surface area contributed by atoms with E-state index >= 15 is 0 Å². The maximum Gasteiger partial charge on any atom is 0.0991 e. The lowest BCUT2D eigenvalue weighted by molar-refractivity contribution is 0.365. The highest BCUT2D eigenvalue weighted by molar-refractivity contribution is 5.31. The van der Waals surface area contributed by atoms with Crippen LogP contribution >= 0.6 is 0 Å². The van der Waals surface area contributed by atoms with Gasteiger partial charge in [0, 0.05) is 25.0 Å². The standard InChI is InChI=1S/C15H18N4/c1-12(13(2)19-9-3-8-18-19)17-11-15-6-4-14(10-16)5-7-15/h3-9,12-13,17H,11H2,1-2H3/t12-,13+/m0/s1. The molecule has 0 saturated heterocycles. The summed E-state index contributed by atoms with van der Waals surface area (Å²) in [7, 11) is 0. The number of aromatic nitrogens is 2. The molecular formula is C15H18N4. The van der Waals surface area contributed by atoms with E-state index in [1.54, 1.807) is 6.20 Å². The molecule has 0 aliphatic rings. The molecule has 4 heteroatoms. The predicted molar refractivity (Wildman–Crippen MR) is 74.4 cm³/mol. The lowest BCUT2D eigenvalue weighted by Gasteiger charge is -2.21. The minimum atomic E-state index is 0.299. The van der Waals surface area contributed by atoms with Crippen molar-refractivity contribution < 1.29 is 0 Å². The number of nitrogens with one attached hydrogen (secondary N) is 1. The first-order valence-corrected chi connectivity index (χ1v) is 6.42. The summed E-state index contributed by atoms with van der Waals surface area (Å²) in [4.78, 5) is 0. The zero-order valence-corrected chi connectivity index (χ0v) is 11.2. The van der Waals surface area contributed by atoms with Gasteiger partial charge in [0.05, 0.1) is 17.7 Å². The summed E-state index contributed by atoms with van der Waals surface area (Å²) in [6.45, 7) is 5.08. The number of rotatable bonds is 5. The average Bonchev–Trinajstić information content (AvgIpc) is 2.98. The van der Waals surface area contributed by atoms with Gasteiger partial charge in [-0.15, -0.1) is 0 Å². The van der Waals surface area contributed by atoms with E-state index in [4.69, 9.17) is 5.26 Å². The molecule has 2 aromatic rings. The van der Waals surface area contributed by atoms with Crippen LogP contribution in [-0.2, 0) is 6.54 Å². The zero-order chi connectivity index (χ0) is 13.7. The van der Waals surface area contributed by atoms with Crippen LogP contribution in [0.15, 0.2) is 42.7 Å². The molecule has 0 aliphatic carbocycles. The molecule has 0 radical (unpaired) electrons. The van der Waals surface area contributed by atoms with Gasteiger partial charge in [-0.2, -0.15) is 10.4 Å². The van der Waals surface area contributed by atoms with Crippen molar-refractivity contribution >= 4 is 0 Å². The number of hydrogen-bond donors (Lipinski definition) is 1. The van der Waals surface area contributed by atoms with Crippen LogP contribution in [0, 0.1) is 11.3 Å². The van der Waals surface area contributed by atoms with Crippen LogP contribution in [-0.4, -0.2) is 15.8 Å². The second-order valence-corrected chi connectivity index (χ2v) is 4.70. The molecule has 0 amide bonds. The molecule has 1 aromatic carbocycles. The van der Waals surface area contributed by atoms with Crippen molar-refractivity contribution in [3.05, 3.63) is 53.9 Å². The van der Waals surface area contributed by atoms with E-state index < -0.39 is 0 Å².